The highest BCUT2D eigenvalue weighted by molar-refractivity contribution is 9.11. The zero-order chi connectivity index (χ0) is 8.39. The van der Waals surface area contributed by atoms with Crippen molar-refractivity contribution in [3.05, 3.63) is 26.9 Å². The number of halogens is 1. The summed E-state index contributed by atoms with van der Waals surface area (Å²) < 4.78 is 1.21. The summed E-state index contributed by atoms with van der Waals surface area (Å²) >= 11 is 5.27. The van der Waals surface area contributed by atoms with Gasteiger partial charge in [-0.15, -0.1) is 11.3 Å². The van der Waals surface area contributed by atoms with E-state index < -0.39 is 0 Å². The molecule has 64 valence electrons. The summed E-state index contributed by atoms with van der Waals surface area (Å²) in [5, 5.41) is 3.37. The Labute approximate surface area is 84.6 Å². The highest BCUT2D eigenvalue weighted by Crippen LogP contribution is 2.28. The predicted octanol–water partition coefficient (Wildman–Crippen LogP) is 2.89. The van der Waals surface area contributed by atoms with Crippen LogP contribution in [0.15, 0.2) is 22.0 Å². The van der Waals surface area contributed by atoms with Crippen molar-refractivity contribution in [2.75, 3.05) is 13.1 Å². The molecule has 3 heteroatoms. The Kier molecular flexibility index (Phi) is 2.63. The maximum atomic E-state index is 3.47. The molecule has 1 aromatic heterocycles. The largest absolute Gasteiger partial charge is 0.312 e. The maximum Gasteiger partial charge on any atom is 0.0704 e. The first kappa shape index (κ1) is 8.48. The van der Waals surface area contributed by atoms with Crippen LogP contribution >= 0.6 is 27.3 Å². The second kappa shape index (κ2) is 3.73. The molecule has 2 heterocycles. The number of hydrogen-bond acceptors (Lipinski definition) is 2. The lowest BCUT2D eigenvalue weighted by molar-refractivity contribution is 0.740. The van der Waals surface area contributed by atoms with Crippen LogP contribution in [0, 0.1) is 0 Å². The van der Waals surface area contributed by atoms with Crippen LogP contribution in [0.4, 0.5) is 0 Å². The van der Waals surface area contributed by atoms with Crippen LogP contribution in [0.25, 0.3) is 5.57 Å². The lowest BCUT2D eigenvalue weighted by Crippen LogP contribution is -2.20. The maximum absolute atomic E-state index is 3.47. The van der Waals surface area contributed by atoms with Gasteiger partial charge in [0.05, 0.1) is 3.79 Å². The van der Waals surface area contributed by atoms with Crippen LogP contribution < -0.4 is 5.32 Å². The Balaban J connectivity index is 2.23. The van der Waals surface area contributed by atoms with E-state index in [9.17, 15) is 0 Å². The van der Waals surface area contributed by atoms with E-state index in [1.54, 1.807) is 11.3 Å². The number of thiophene rings is 1. The molecule has 0 aromatic carbocycles. The Morgan fingerprint density at radius 3 is 2.92 bits per heavy atom. The standard InChI is InChI=1S/C9H10BrNS/c10-9-4-3-8(12-9)7-2-1-5-11-6-7/h2-4,11H,1,5-6H2. The molecule has 0 radical (unpaired) electrons. The Hall–Kier alpha value is -0.120. The highest BCUT2D eigenvalue weighted by atomic mass is 79.9. The van der Waals surface area contributed by atoms with Gasteiger partial charge >= 0.3 is 0 Å². The minimum Gasteiger partial charge on any atom is -0.312 e. The first-order valence-corrected chi connectivity index (χ1v) is 5.62. The summed E-state index contributed by atoms with van der Waals surface area (Å²) in [5.74, 6) is 0. The lowest BCUT2D eigenvalue weighted by Gasteiger charge is -2.12. The molecule has 1 aliphatic rings. The van der Waals surface area contributed by atoms with Crippen LogP contribution in [0.3, 0.4) is 0 Å². The van der Waals surface area contributed by atoms with E-state index >= 15 is 0 Å². The monoisotopic (exact) mass is 243 g/mol. The van der Waals surface area contributed by atoms with Gasteiger partial charge in [-0.2, -0.15) is 0 Å². The average molecular weight is 244 g/mol. The van der Waals surface area contributed by atoms with Crippen LogP contribution in [0.2, 0.25) is 0 Å². The zero-order valence-electron chi connectivity index (χ0n) is 6.64. The Morgan fingerprint density at radius 2 is 2.33 bits per heavy atom. The van der Waals surface area contributed by atoms with Crippen molar-refractivity contribution in [2.24, 2.45) is 0 Å². The number of hydrogen-bond donors (Lipinski definition) is 1. The third-order valence-electron chi connectivity index (χ3n) is 1.92. The van der Waals surface area contributed by atoms with Gasteiger partial charge in [0.1, 0.15) is 0 Å². The molecule has 1 nitrogen and oxygen atoms in total. The molecule has 0 bridgehead atoms. The van der Waals surface area contributed by atoms with Gasteiger partial charge in [-0.3, -0.25) is 0 Å². The van der Waals surface area contributed by atoms with Crippen molar-refractivity contribution in [3.63, 3.8) is 0 Å². The highest BCUT2D eigenvalue weighted by Gasteiger charge is 2.06. The predicted molar refractivity (Wildman–Crippen MR) is 57.5 cm³/mol. The molecule has 0 spiro atoms. The van der Waals surface area contributed by atoms with Gasteiger partial charge in [0.15, 0.2) is 0 Å². The van der Waals surface area contributed by atoms with Gasteiger partial charge in [-0.25, -0.2) is 0 Å². The van der Waals surface area contributed by atoms with Crippen molar-refractivity contribution in [1.29, 1.82) is 0 Å². The van der Waals surface area contributed by atoms with Gasteiger partial charge in [-0.05, 0) is 46.6 Å². The van der Waals surface area contributed by atoms with Crippen molar-refractivity contribution < 1.29 is 0 Å². The van der Waals surface area contributed by atoms with E-state index in [2.05, 4.69) is 39.5 Å². The van der Waals surface area contributed by atoms with Crippen LogP contribution in [0.1, 0.15) is 11.3 Å². The third kappa shape index (κ3) is 1.79. The summed E-state index contributed by atoms with van der Waals surface area (Å²) in [6.45, 7) is 2.14. The minimum absolute atomic E-state index is 1.02. The third-order valence-corrected chi connectivity index (χ3v) is 3.62. The van der Waals surface area contributed by atoms with Gasteiger partial charge in [0.2, 0.25) is 0 Å². The van der Waals surface area contributed by atoms with Crippen molar-refractivity contribution >= 4 is 32.8 Å². The first-order chi connectivity index (χ1) is 5.86. The second-order valence-electron chi connectivity index (χ2n) is 2.80. The molecule has 0 fully saturated rings. The van der Waals surface area contributed by atoms with E-state index in [-0.39, 0.29) is 0 Å². The van der Waals surface area contributed by atoms with E-state index in [0.717, 1.165) is 19.5 Å². The molecule has 0 unspecified atom stereocenters. The molecule has 0 saturated carbocycles. The molecule has 1 aromatic rings. The Bertz CT molecular complexity index is 303. The van der Waals surface area contributed by atoms with Crippen molar-refractivity contribution in [2.45, 2.75) is 6.42 Å². The summed E-state index contributed by atoms with van der Waals surface area (Å²) in [6.07, 6.45) is 3.49. The molecule has 1 N–H and O–H groups in total. The molecule has 0 amide bonds. The summed E-state index contributed by atoms with van der Waals surface area (Å²) in [6, 6.07) is 4.28. The molecular weight excluding hydrogens is 234 g/mol. The van der Waals surface area contributed by atoms with Crippen LogP contribution in [-0.2, 0) is 0 Å². The van der Waals surface area contributed by atoms with Gasteiger partial charge in [0.25, 0.3) is 0 Å². The number of nitrogens with one attached hydrogen (secondary N) is 1. The van der Waals surface area contributed by atoms with Gasteiger partial charge in [-0.1, -0.05) is 6.08 Å². The summed E-state index contributed by atoms with van der Waals surface area (Å²) in [5.41, 5.74) is 1.44. The second-order valence-corrected chi connectivity index (χ2v) is 5.26. The number of rotatable bonds is 1. The van der Waals surface area contributed by atoms with Crippen LogP contribution in [-0.4, -0.2) is 13.1 Å². The fraction of sp³-hybridized carbons (Fsp3) is 0.333. The molecule has 12 heavy (non-hydrogen) atoms. The van der Waals surface area contributed by atoms with E-state index in [1.165, 1.54) is 14.2 Å². The fourth-order valence-electron chi connectivity index (χ4n) is 1.32. The SMILES string of the molecule is Brc1ccc(C2=CCCNC2)s1. The molecule has 0 aliphatic carbocycles. The zero-order valence-corrected chi connectivity index (χ0v) is 9.04. The lowest BCUT2D eigenvalue weighted by atomic mass is 10.1. The summed E-state index contributed by atoms with van der Waals surface area (Å²) in [4.78, 5) is 1.38. The first-order valence-electron chi connectivity index (χ1n) is 4.02. The molecule has 2 rings (SSSR count). The van der Waals surface area contributed by atoms with Crippen molar-refractivity contribution in [3.8, 4) is 0 Å². The molecular formula is C9H10BrNS. The van der Waals surface area contributed by atoms with E-state index in [0.29, 0.717) is 0 Å². The van der Waals surface area contributed by atoms with Crippen molar-refractivity contribution in [1.82, 2.24) is 5.32 Å². The quantitative estimate of drug-likeness (QED) is 0.800. The topological polar surface area (TPSA) is 12.0 Å². The summed E-state index contributed by atoms with van der Waals surface area (Å²) in [7, 11) is 0. The van der Waals surface area contributed by atoms with E-state index in [4.69, 9.17) is 0 Å². The van der Waals surface area contributed by atoms with Gasteiger partial charge in [0, 0.05) is 11.4 Å². The Morgan fingerprint density at radius 1 is 1.42 bits per heavy atom. The minimum atomic E-state index is 1.02. The fourth-order valence-corrected chi connectivity index (χ4v) is 2.74. The van der Waals surface area contributed by atoms with Crippen LogP contribution in [0.5, 0.6) is 0 Å². The molecule has 0 saturated heterocycles. The smallest absolute Gasteiger partial charge is 0.0704 e. The van der Waals surface area contributed by atoms with E-state index in [1.807, 2.05) is 0 Å². The molecule has 1 aliphatic heterocycles. The molecule has 0 atom stereocenters. The normalized spacial score (nSPS) is 17.6. The van der Waals surface area contributed by atoms with Gasteiger partial charge < -0.3 is 5.32 Å². The average Bonchev–Trinajstić information content (AvgIpc) is 2.54.